The normalized spacial score (nSPS) is 21.6. The van der Waals surface area contributed by atoms with E-state index in [1.165, 1.54) is 16.7 Å². The van der Waals surface area contributed by atoms with E-state index >= 15 is 0 Å². The van der Waals surface area contributed by atoms with Crippen LogP contribution in [0.1, 0.15) is 12.0 Å². The Labute approximate surface area is 135 Å². The molecule has 1 fully saturated rings. The first-order chi connectivity index (χ1) is 9.88. The van der Waals surface area contributed by atoms with E-state index in [0.29, 0.717) is 0 Å². The van der Waals surface area contributed by atoms with Gasteiger partial charge in [0.2, 0.25) is 5.91 Å². The first-order valence-corrected chi connectivity index (χ1v) is 8.25. The van der Waals surface area contributed by atoms with E-state index in [2.05, 4.69) is 15.9 Å². The molecule has 2 rings (SSSR count). The first kappa shape index (κ1) is 16.3. The van der Waals surface area contributed by atoms with Gasteiger partial charge in [-0.3, -0.25) is 4.79 Å². The fraction of sp³-hybridized carbons (Fsp3) is 0.429. The summed E-state index contributed by atoms with van der Waals surface area (Å²) in [6.45, 7) is 2.05. The lowest BCUT2D eigenvalue weighted by atomic mass is 10.2. The number of nitrogens with zero attached hydrogens (tertiary/aromatic N) is 1. The minimum atomic E-state index is -1.07. The van der Waals surface area contributed by atoms with E-state index in [4.69, 9.17) is 5.11 Å². The van der Waals surface area contributed by atoms with Crippen molar-refractivity contribution in [3.63, 3.8) is 0 Å². The summed E-state index contributed by atoms with van der Waals surface area (Å²) in [6.07, 6.45) is -0.655. The molecule has 21 heavy (non-hydrogen) atoms. The number of aliphatic hydroxyl groups excluding tert-OH is 1. The zero-order chi connectivity index (χ0) is 15.6. The zero-order valence-corrected chi connectivity index (χ0v) is 13.9. The number of hydrogen-bond acceptors (Lipinski definition) is 4. The van der Waals surface area contributed by atoms with Gasteiger partial charge in [-0.05, 0) is 30.7 Å². The second-order valence-electron chi connectivity index (χ2n) is 4.99. The third-order valence-electron chi connectivity index (χ3n) is 3.37. The maximum absolute atomic E-state index is 12.2. The van der Waals surface area contributed by atoms with Crippen molar-refractivity contribution in [3.8, 4) is 0 Å². The van der Waals surface area contributed by atoms with Crippen molar-refractivity contribution >= 4 is 39.6 Å². The highest BCUT2D eigenvalue weighted by Crippen LogP contribution is 2.27. The van der Waals surface area contributed by atoms with Crippen molar-refractivity contribution in [2.75, 3.05) is 12.3 Å². The summed E-state index contributed by atoms with van der Waals surface area (Å²) < 4.78 is 0.976. The molecular formula is C14H16BrNO4S. The lowest BCUT2D eigenvalue weighted by molar-refractivity contribution is -0.147. The van der Waals surface area contributed by atoms with Crippen LogP contribution >= 0.6 is 27.7 Å². The van der Waals surface area contributed by atoms with E-state index in [1.54, 1.807) is 0 Å². The zero-order valence-electron chi connectivity index (χ0n) is 11.5. The number of likely N-dealkylation sites (tertiary alicyclic amines) is 1. The summed E-state index contributed by atoms with van der Waals surface area (Å²) in [5, 5.41) is 18.7. The van der Waals surface area contributed by atoms with E-state index < -0.39 is 18.1 Å². The number of thioether (sulfide) groups is 1. The monoisotopic (exact) mass is 373 g/mol. The Morgan fingerprint density at radius 1 is 1.48 bits per heavy atom. The molecule has 2 atom stereocenters. The number of aliphatic hydroxyl groups is 1. The Bertz CT molecular complexity index is 566. The summed E-state index contributed by atoms with van der Waals surface area (Å²) >= 11 is 4.76. The number of carbonyl (C=O) groups excluding carboxylic acids is 1. The molecule has 1 heterocycles. The summed E-state index contributed by atoms with van der Waals surface area (Å²) in [7, 11) is 0. The fourth-order valence-corrected chi connectivity index (χ4v) is 3.69. The molecule has 114 valence electrons. The topological polar surface area (TPSA) is 77.8 Å². The van der Waals surface area contributed by atoms with Gasteiger partial charge in [0, 0.05) is 22.3 Å². The molecule has 0 saturated carbocycles. The fourth-order valence-electron chi connectivity index (χ4n) is 2.32. The first-order valence-electron chi connectivity index (χ1n) is 6.47. The number of aryl methyl sites for hydroxylation is 1. The Balaban J connectivity index is 1.99. The quantitative estimate of drug-likeness (QED) is 0.788. The van der Waals surface area contributed by atoms with E-state index in [0.717, 1.165) is 14.9 Å². The second-order valence-corrected chi connectivity index (χ2v) is 6.92. The maximum Gasteiger partial charge on any atom is 0.326 e. The molecular weight excluding hydrogens is 358 g/mol. The second kappa shape index (κ2) is 6.81. The molecule has 2 N–H and O–H groups in total. The van der Waals surface area contributed by atoms with Gasteiger partial charge < -0.3 is 15.1 Å². The van der Waals surface area contributed by atoms with Crippen LogP contribution in [0.15, 0.2) is 27.6 Å². The third kappa shape index (κ3) is 3.99. The van der Waals surface area contributed by atoms with Gasteiger partial charge in [-0.15, -0.1) is 11.8 Å². The van der Waals surface area contributed by atoms with E-state index in [9.17, 15) is 14.7 Å². The average Bonchev–Trinajstić information content (AvgIpc) is 2.80. The van der Waals surface area contributed by atoms with Gasteiger partial charge in [0.1, 0.15) is 6.04 Å². The SMILES string of the molecule is Cc1cc(Br)ccc1SCC(=O)N1C[C@H](O)C[C@H]1C(=O)O. The number of carboxylic acid groups (broad SMARTS) is 1. The van der Waals surface area contributed by atoms with E-state index in [-0.39, 0.29) is 24.6 Å². The van der Waals surface area contributed by atoms with Crippen molar-refractivity contribution < 1.29 is 19.8 Å². The molecule has 1 aromatic carbocycles. The van der Waals surface area contributed by atoms with Crippen LogP contribution in [0.25, 0.3) is 0 Å². The molecule has 0 bridgehead atoms. The Morgan fingerprint density at radius 2 is 2.19 bits per heavy atom. The highest BCUT2D eigenvalue weighted by atomic mass is 79.9. The van der Waals surface area contributed by atoms with Crippen LogP contribution in [-0.4, -0.2) is 51.4 Å². The van der Waals surface area contributed by atoms with Crippen LogP contribution in [0.3, 0.4) is 0 Å². The van der Waals surface area contributed by atoms with Crippen molar-refractivity contribution in [2.45, 2.75) is 30.4 Å². The molecule has 0 aromatic heterocycles. The maximum atomic E-state index is 12.2. The molecule has 1 aliphatic rings. The van der Waals surface area contributed by atoms with Gasteiger partial charge in [0.25, 0.3) is 0 Å². The third-order valence-corrected chi connectivity index (χ3v) is 5.03. The number of benzene rings is 1. The van der Waals surface area contributed by atoms with Crippen molar-refractivity contribution in [1.82, 2.24) is 4.90 Å². The number of halogens is 1. The lowest BCUT2D eigenvalue weighted by Gasteiger charge is -2.21. The van der Waals surface area contributed by atoms with Crippen LogP contribution in [0.5, 0.6) is 0 Å². The standard InChI is InChI=1S/C14H16BrNO4S/c1-8-4-9(15)2-3-12(8)21-7-13(18)16-6-10(17)5-11(16)14(19)20/h2-4,10-11,17H,5-7H2,1H3,(H,19,20)/t10-,11+/m1/s1. The number of hydrogen-bond donors (Lipinski definition) is 2. The molecule has 1 amide bonds. The average molecular weight is 374 g/mol. The molecule has 0 spiro atoms. The predicted molar refractivity (Wildman–Crippen MR) is 83.4 cm³/mol. The Kier molecular flexibility index (Phi) is 5.29. The van der Waals surface area contributed by atoms with Gasteiger partial charge in [-0.25, -0.2) is 4.79 Å². The highest BCUT2D eigenvalue weighted by Gasteiger charge is 2.38. The summed E-state index contributed by atoms with van der Waals surface area (Å²) in [5.41, 5.74) is 1.05. The Hall–Kier alpha value is -1.05. The van der Waals surface area contributed by atoms with Crippen molar-refractivity contribution in [3.05, 3.63) is 28.2 Å². The molecule has 0 unspecified atom stereocenters. The molecule has 1 aliphatic heterocycles. The number of β-amino-alcohol motifs (C(OH)–C–C–N with tert-alkyl or cyclic N) is 1. The van der Waals surface area contributed by atoms with Gasteiger partial charge in [-0.1, -0.05) is 15.9 Å². The van der Waals surface area contributed by atoms with Crippen LogP contribution in [0.4, 0.5) is 0 Å². The predicted octanol–water partition coefficient (Wildman–Crippen LogP) is 1.90. The smallest absolute Gasteiger partial charge is 0.326 e. The van der Waals surface area contributed by atoms with Gasteiger partial charge >= 0.3 is 5.97 Å². The summed E-state index contributed by atoms with van der Waals surface area (Å²) in [6, 6.07) is 4.87. The van der Waals surface area contributed by atoms with Crippen LogP contribution in [-0.2, 0) is 9.59 Å². The van der Waals surface area contributed by atoms with E-state index in [1.807, 2.05) is 25.1 Å². The van der Waals surface area contributed by atoms with Gasteiger partial charge in [0.15, 0.2) is 0 Å². The molecule has 5 nitrogen and oxygen atoms in total. The number of carbonyl (C=O) groups is 2. The number of aliphatic carboxylic acids is 1. The van der Waals surface area contributed by atoms with Crippen LogP contribution in [0.2, 0.25) is 0 Å². The molecule has 1 aromatic rings. The van der Waals surface area contributed by atoms with Crippen LogP contribution < -0.4 is 0 Å². The molecule has 0 radical (unpaired) electrons. The lowest BCUT2D eigenvalue weighted by Crippen LogP contribution is -2.41. The highest BCUT2D eigenvalue weighted by molar-refractivity contribution is 9.10. The molecule has 1 saturated heterocycles. The molecule has 0 aliphatic carbocycles. The number of rotatable bonds is 4. The minimum absolute atomic E-state index is 0.0929. The summed E-state index contributed by atoms with van der Waals surface area (Å²) in [4.78, 5) is 25.5. The Morgan fingerprint density at radius 3 is 2.81 bits per heavy atom. The minimum Gasteiger partial charge on any atom is -0.480 e. The van der Waals surface area contributed by atoms with Crippen molar-refractivity contribution in [1.29, 1.82) is 0 Å². The van der Waals surface area contributed by atoms with Gasteiger partial charge in [-0.2, -0.15) is 0 Å². The van der Waals surface area contributed by atoms with Crippen LogP contribution in [0, 0.1) is 6.92 Å². The van der Waals surface area contributed by atoms with Gasteiger partial charge in [0.05, 0.1) is 11.9 Å². The number of carboxylic acids is 1. The summed E-state index contributed by atoms with van der Waals surface area (Å²) in [5.74, 6) is -1.16. The largest absolute Gasteiger partial charge is 0.480 e. The molecule has 7 heteroatoms. The number of amides is 1. The van der Waals surface area contributed by atoms with Crippen molar-refractivity contribution in [2.24, 2.45) is 0 Å².